The number of methoxy groups -OCH3 is 1. The third-order valence-corrected chi connectivity index (χ3v) is 4.18. The zero-order valence-corrected chi connectivity index (χ0v) is 13.8. The summed E-state index contributed by atoms with van der Waals surface area (Å²) in [5.41, 5.74) is 2.14. The summed E-state index contributed by atoms with van der Waals surface area (Å²) < 4.78 is 12.3. The number of ether oxygens (including phenoxy) is 1. The molecule has 0 unspecified atom stereocenters. The van der Waals surface area contributed by atoms with Gasteiger partial charge in [0.25, 0.3) is 0 Å². The first-order valence-corrected chi connectivity index (χ1v) is 8.14. The number of benzene rings is 1. The largest absolute Gasteiger partial charge is 0.383 e. The summed E-state index contributed by atoms with van der Waals surface area (Å²) in [5.74, 6) is 1.71. The summed E-state index contributed by atoms with van der Waals surface area (Å²) in [6.07, 6.45) is 1.69. The van der Waals surface area contributed by atoms with Gasteiger partial charge in [-0.05, 0) is 6.92 Å². The first kappa shape index (κ1) is 15.7. The Morgan fingerprint density at radius 3 is 2.87 bits per heavy atom. The van der Waals surface area contributed by atoms with E-state index in [4.69, 9.17) is 9.26 Å². The molecule has 0 bridgehead atoms. The molecule has 23 heavy (non-hydrogen) atoms. The van der Waals surface area contributed by atoms with Crippen LogP contribution in [-0.4, -0.2) is 38.6 Å². The van der Waals surface area contributed by atoms with Crippen molar-refractivity contribution in [3.8, 4) is 11.4 Å². The minimum absolute atomic E-state index is 0.546. The van der Waals surface area contributed by atoms with Crippen LogP contribution in [0.5, 0.6) is 0 Å². The molecule has 0 aliphatic heterocycles. The van der Waals surface area contributed by atoms with Gasteiger partial charge in [-0.2, -0.15) is 4.98 Å². The van der Waals surface area contributed by atoms with Crippen molar-refractivity contribution in [3.05, 3.63) is 42.0 Å². The average molecular weight is 331 g/mol. The van der Waals surface area contributed by atoms with Gasteiger partial charge in [-0.15, -0.1) is 10.2 Å². The van der Waals surface area contributed by atoms with Crippen molar-refractivity contribution in [2.75, 3.05) is 13.7 Å². The van der Waals surface area contributed by atoms with Crippen LogP contribution in [0.15, 0.2) is 40.3 Å². The van der Waals surface area contributed by atoms with Gasteiger partial charge in [0.2, 0.25) is 11.7 Å². The van der Waals surface area contributed by atoms with Crippen LogP contribution in [0.3, 0.4) is 0 Å². The van der Waals surface area contributed by atoms with Gasteiger partial charge in [-0.3, -0.25) is 0 Å². The number of aryl methyl sites for hydroxylation is 1. The van der Waals surface area contributed by atoms with Crippen molar-refractivity contribution in [2.24, 2.45) is 0 Å². The average Bonchev–Trinajstić information content (AvgIpc) is 3.21. The fourth-order valence-electron chi connectivity index (χ4n) is 1.96. The molecule has 0 saturated heterocycles. The van der Waals surface area contributed by atoms with Crippen LogP contribution in [0, 0.1) is 6.92 Å². The Morgan fingerprint density at radius 1 is 1.26 bits per heavy atom. The van der Waals surface area contributed by atoms with Gasteiger partial charge in [0.15, 0.2) is 5.16 Å². The van der Waals surface area contributed by atoms with Crippen molar-refractivity contribution in [1.82, 2.24) is 24.9 Å². The highest BCUT2D eigenvalue weighted by Gasteiger charge is 2.11. The predicted molar refractivity (Wildman–Crippen MR) is 85.9 cm³/mol. The molecule has 0 atom stereocenters. The second-order valence-electron chi connectivity index (χ2n) is 4.97. The second kappa shape index (κ2) is 7.38. The lowest BCUT2D eigenvalue weighted by Gasteiger charge is -2.03. The Balaban J connectivity index is 1.63. The van der Waals surface area contributed by atoms with E-state index in [-0.39, 0.29) is 0 Å². The molecule has 2 heterocycles. The number of thioether (sulfide) groups is 1. The van der Waals surface area contributed by atoms with Crippen molar-refractivity contribution in [3.63, 3.8) is 0 Å². The lowest BCUT2D eigenvalue weighted by atomic mass is 10.1. The Bertz CT molecular complexity index is 753. The number of rotatable bonds is 7. The van der Waals surface area contributed by atoms with Gasteiger partial charge < -0.3 is 13.8 Å². The maximum atomic E-state index is 5.30. The van der Waals surface area contributed by atoms with E-state index in [0.29, 0.717) is 30.6 Å². The van der Waals surface area contributed by atoms with Crippen LogP contribution < -0.4 is 0 Å². The molecule has 0 fully saturated rings. The normalized spacial score (nSPS) is 11.0. The Labute approximate surface area is 138 Å². The van der Waals surface area contributed by atoms with Crippen molar-refractivity contribution >= 4 is 11.8 Å². The second-order valence-corrected chi connectivity index (χ2v) is 5.91. The molecule has 0 aliphatic carbocycles. The van der Waals surface area contributed by atoms with Crippen LogP contribution in [0.4, 0.5) is 0 Å². The van der Waals surface area contributed by atoms with Gasteiger partial charge >= 0.3 is 0 Å². The van der Waals surface area contributed by atoms with Crippen molar-refractivity contribution in [1.29, 1.82) is 0 Å². The molecule has 7 nitrogen and oxygen atoms in total. The number of aromatic nitrogens is 5. The first-order valence-electron chi connectivity index (χ1n) is 7.15. The molecule has 2 aromatic heterocycles. The van der Waals surface area contributed by atoms with Crippen LogP contribution in [-0.2, 0) is 17.0 Å². The number of nitrogens with zero attached hydrogens (tertiary/aromatic N) is 5. The van der Waals surface area contributed by atoms with Crippen LogP contribution in [0.2, 0.25) is 0 Å². The summed E-state index contributed by atoms with van der Waals surface area (Å²) >= 11 is 1.51. The molecule has 120 valence electrons. The van der Waals surface area contributed by atoms with E-state index in [2.05, 4.69) is 20.3 Å². The molecule has 0 radical (unpaired) electrons. The molecule has 0 spiro atoms. The minimum atomic E-state index is 0.546. The third kappa shape index (κ3) is 3.96. The first-order chi connectivity index (χ1) is 11.3. The lowest BCUT2D eigenvalue weighted by molar-refractivity contribution is 0.184. The zero-order valence-electron chi connectivity index (χ0n) is 13.0. The van der Waals surface area contributed by atoms with E-state index in [0.717, 1.165) is 10.7 Å². The molecule has 3 rings (SSSR count). The number of hydrogen-bond donors (Lipinski definition) is 0. The van der Waals surface area contributed by atoms with Crippen molar-refractivity contribution < 1.29 is 9.26 Å². The molecule has 8 heteroatoms. The molecular formula is C15H17N5O2S. The maximum Gasteiger partial charge on any atom is 0.237 e. The van der Waals surface area contributed by atoms with E-state index in [1.165, 1.54) is 17.3 Å². The standard InChI is InChI=1S/C15H17N5O2S/c1-11-3-5-12(6-4-11)14-17-13(22-19-14)9-23-15-18-16-10-20(15)7-8-21-2/h3-6,10H,7-9H2,1-2H3. The molecule has 1 aromatic carbocycles. The predicted octanol–water partition coefficient (Wildman–Crippen LogP) is 2.58. The van der Waals surface area contributed by atoms with E-state index in [9.17, 15) is 0 Å². The fraction of sp³-hybridized carbons (Fsp3) is 0.333. The van der Waals surface area contributed by atoms with Gasteiger partial charge in [0.05, 0.1) is 12.4 Å². The van der Waals surface area contributed by atoms with Crippen LogP contribution >= 0.6 is 11.8 Å². The van der Waals surface area contributed by atoms with Gasteiger partial charge in [-0.1, -0.05) is 46.7 Å². The molecule has 0 N–H and O–H groups in total. The maximum absolute atomic E-state index is 5.30. The fourth-order valence-corrected chi connectivity index (χ4v) is 2.74. The Morgan fingerprint density at radius 2 is 2.09 bits per heavy atom. The Hall–Kier alpha value is -2.19. The molecule has 0 aliphatic rings. The molecular weight excluding hydrogens is 314 g/mol. The number of hydrogen-bond acceptors (Lipinski definition) is 7. The SMILES string of the molecule is COCCn1cnnc1SCc1nc(-c2ccc(C)cc2)no1. The van der Waals surface area contributed by atoms with Gasteiger partial charge in [0, 0.05) is 19.2 Å². The summed E-state index contributed by atoms with van der Waals surface area (Å²) in [6.45, 7) is 3.37. The lowest BCUT2D eigenvalue weighted by Crippen LogP contribution is -2.04. The smallest absolute Gasteiger partial charge is 0.237 e. The van der Waals surface area contributed by atoms with E-state index < -0.39 is 0 Å². The van der Waals surface area contributed by atoms with Crippen molar-refractivity contribution in [2.45, 2.75) is 24.4 Å². The summed E-state index contributed by atoms with van der Waals surface area (Å²) in [4.78, 5) is 4.42. The van der Waals surface area contributed by atoms with Crippen LogP contribution in [0.1, 0.15) is 11.5 Å². The monoisotopic (exact) mass is 331 g/mol. The van der Waals surface area contributed by atoms with E-state index in [1.807, 2.05) is 35.8 Å². The summed E-state index contributed by atoms with van der Waals surface area (Å²) in [6, 6.07) is 8.02. The molecule has 3 aromatic rings. The minimum Gasteiger partial charge on any atom is -0.383 e. The summed E-state index contributed by atoms with van der Waals surface area (Å²) in [5, 5.41) is 12.8. The third-order valence-electron chi connectivity index (χ3n) is 3.22. The summed E-state index contributed by atoms with van der Waals surface area (Å²) in [7, 11) is 1.67. The highest BCUT2D eigenvalue weighted by molar-refractivity contribution is 7.98. The van der Waals surface area contributed by atoms with Gasteiger partial charge in [-0.25, -0.2) is 0 Å². The highest BCUT2D eigenvalue weighted by Crippen LogP contribution is 2.22. The van der Waals surface area contributed by atoms with E-state index in [1.54, 1.807) is 13.4 Å². The quantitative estimate of drug-likeness (QED) is 0.616. The highest BCUT2D eigenvalue weighted by atomic mass is 32.2. The van der Waals surface area contributed by atoms with E-state index >= 15 is 0 Å². The molecule has 0 saturated carbocycles. The van der Waals surface area contributed by atoms with Gasteiger partial charge in [0.1, 0.15) is 6.33 Å². The Kier molecular flexibility index (Phi) is 5.04. The van der Waals surface area contributed by atoms with Crippen LogP contribution in [0.25, 0.3) is 11.4 Å². The zero-order chi connectivity index (χ0) is 16.1. The topological polar surface area (TPSA) is 78.9 Å². The molecule has 0 amide bonds.